The Hall–Kier alpha value is -0.770. The van der Waals surface area contributed by atoms with Gasteiger partial charge in [0.25, 0.3) is 0 Å². The third kappa shape index (κ3) is 16.4. The topological polar surface area (TPSA) is 78.0 Å². The van der Waals surface area contributed by atoms with Gasteiger partial charge in [0, 0.05) is 33.2 Å². The number of alkyl carbamates (subject to hydrolysis) is 1. The Morgan fingerprint density at radius 2 is 1.60 bits per heavy atom. The highest BCUT2D eigenvalue weighted by molar-refractivity contribution is 14.0. The molecule has 3 N–H and O–H groups in total. The molecule has 25 heavy (non-hydrogen) atoms. The van der Waals surface area contributed by atoms with Crippen LogP contribution in [0.25, 0.3) is 0 Å². The number of ether oxygens (including phenoxy) is 1. The van der Waals surface area contributed by atoms with Gasteiger partial charge in [-0.15, -0.1) is 24.0 Å². The molecule has 0 aliphatic carbocycles. The van der Waals surface area contributed by atoms with Crippen LogP contribution in [0, 0.1) is 5.41 Å². The molecule has 0 bridgehead atoms. The average Bonchev–Trinajstić information content (AvgIpc) is 2.38. The Bertz CT molecular complexity index is 406. The SMILES string of the molecule is CN=C(NCCCNC(=O)OC(C)(C)C)NCC(C)(C)CN(C)C.I. The van der Waals surface area contributed by atoms with E-state index in [0.717, 1.165) is 32.0 Å². The maximum Gasteiger partial charge on any atom is 0.407 e. The summed E-state index contributed by atoms with van der Waals surface area (Å²) in [6, 6.07) is 0. The molecule has 0 atom stereocenters. The van der Waals surface area contributed by atoms with Crippen LogP contribution in [0.1, 0.15) is 41.0 Å². The van der Waals surface area contributed by atoms with Crippen molar-refractivity contribution in [3.63, 3.8) is 0 Å². The molecule has 0 aromatic heterocycles. The molecule has 0 aliphatic heterocycles. The molecule has 8 heteroatoms. The van der Waals surface area contributed by atoms with Crippen LogP contribution in [0.15, 0.2) is 4.99 Å². The average molecular weight is 471 g/mol. The largest absolute Gasteiger partial charge is 0.444 e. The summed E-state index contributed by atoms with van der Waals surface area (Å²) in [6.07, 6.45) is 0.413. The molecular formula is C17H38IN5O2. The number of carbonyl (C=O) groups excluding carboxylic acids is 1. The minimum atomic E-state index is -0.465. The Morgan fingerprint density at radius 1 is 1.04 bits per heavy atom. The van der Waals surface area contributed by atoms with Crippen molar-refractivity contribution in [2.24, 2.45) is 10.4 Å². The second kappa shape index (κ2) is 12.6. The highest BCUT2D eigenvalue weighted by Gasteiger charge is 2.19. The van der Waals surface area contributed by atoms with Crippen molar-refractivity contribution in [1.82, 2.24) is 20.9 Å². The first-order valence-electron chi connectivity index (χ1n) is 8.51. The minimum absolute atomic E-state index is 0. The Balaban J connectivity index is 0. The van der Waals surface area contributed by atoms with Gasteiger partial charge in [-0.2, -0.15) is 0 Å². The predicted octanol–water partition coefficient (Wildman–Crippen LogP) is 2.27. The van der Waals surface area contributed by atoms with E-state index in [9.17, 15) is 4.79 Å². The summed E-state index contributed by atoms with van der Waals surface area (Å²) >= 11 is 0. The Labute approximate surface area is 170 Å². The number of guanidine groups is 1. The first-order chi connectivity index (χ1) is 10.9. The number of carbonyl (C=O) groups is 1. The van der Waals surface area contributed by atoms with Gasteiger partial charge in [0.1, 0.15) is 5.60 Å². The zero-order valence-corrected chi connectivity index (χ0v) is 19.5. The van der Waals surface area contributed by atoms with Gasteiger partial charge >= 0.3 is 6.09 Å². The number of amides is 1. The van der Waals surface area contributed by atoms with Crippen molar-refractivity contribution in [1.29, 1.82) is 0 Å². The lowest BCUT2D eigenvalue weighted by Gasteiger charge is -2.29. The maximum absolute atomic E-state index is 11.5. The second-order valence-corrected chi connectivity index (χ2v) is 8.04. The zero-order chi connectivity index (χ0) is 18.8. The lowest BCUT2D eigenvalue weighted by atomic mass is 9.93. The maximum atomic E-state index is 11.5. The fraction of sp³-hybridized carbons (Fsp3) is 0.882. The summed E-state index contributed by atoms with van der Waals surface area (Å²) in [7, 11) is 5.91. The smallest absolute Gasteiger partial charge is 0.407 e. The van der Waals surface area contributed by atoms with Crippen LogP contribution in [0.5, 0.6) is 0 Å². The third-order valence-electron chi connectivity index (χ3n) is 3.02. The summed E-state index contributed by atoms with van der Waals surface area (Å²) in [6.45, 7) is 13.1. The molecule has 0 aliphatic rings. The number of rotatable bonds is 8. The summed E-state index contributed by atoms with van der Waals surface area (Å²) in [5, 5.41) is 9.34. The standard InChI is InChI=1S/C17H37N5O2.HI/c1-16(2,3)24-15(23)20-11-9-10-19-14(18-6)21-12-17(4,5)13-22(7)8;/h9-13H2,1-8H3,(H,20,23)(H2,18,19,21);1H. The number of hydrogen-bond acceptors (Lipinski definition) is 4. The van der Waals surface area contributed by atoms with E-state index < -0.39 is 5.60 Å². The molecule has 0 heterocycles. The highest BCUT2D eigenvalue weighted by atomic mass is 127. The van der Waals surface area contributed by atoms with Crippen LogP contribution < -0.4 is 16.0 Å². The molecular weight excluding hydrogens is 433 g/mol. The van der Waals surface area contributed by atoms with Crippen molar-refractivity contribution in [2.75, 3.05) is 47.3 Å². The van der Waals surface area contributed by atoms with Gasteiger partial charge in [0.15, 0.2) is 5.96 Å². The van der Waals surface area contributed by atoms with E-state index in [1.54, 1.807) is 7.05 Å². The first-order valence-corrected chi connectivity index (χ1v) is 8.51. The predicted molar refractivity (Wildman–Crippen MR) is 116 cm³/mol. The highest BCUT2D eigenvalue weighted by Crippen LogP contribution is 2.13. The van der Waals surface area contributed by atoms with E-state index in [-0.39, 0.29) is 35.5 Å². The minimum Gasteiger partial charge on any atom is -0.444 e. The number of aliphatic imine (C=N–C) groups is 1. The van der Waals surface area contributed by atoms with Gasteiger partial charge in [-0.3, -0.25) is 4.99 Å². The van der Waals surface area contributed by atoms with Gasteiger partial charge in [-0.05, 0) is 46.7 Å². The van der Waals surface area contributed by atoms with Gasteiger partial charge in [0.2, 0.25) is 0 Å². The van der Waals surface area contributed by atoms with Crippen molar-refractivity contribution in [2.45, 2.75) is 46.6 Å². The third-order valence-corrected chi connectivity index (χ3v) is 3.02. The number of nitrogens with zero attached hydrogens (tertiary/aromatic N) is 2. The molecule has 0 unspecified atom stereocenters. The van der Waals surface area contributed by atoms with Gasteiger partial charge in [-0.25, -0.2) is 4.79 Å². The lowest BCUT2D eigenvalue weighted by molar-refractivity contribution is 0.0527. The zero-order valence-electron chi connectivity index (χ0n) is 17.2. The van der Waals surface area contributed by atoms with Crippen molar-refractivity contribution in [3.8, 4) is 0 Å². The first kappa shape index (κ1) is 26.5. The number of halogens is 1. The van der Waals surface area contributed by atoms with E-state index >= 15 is 0 Å². The lowest BCUT2D eigenvalue weighted by Crippen LogP contribution is -2.45. The van der Waals surface area contributed by atoms with Gasteiger partial charge in [0.05, 0.1) is 0 Å². The number of hydrogen-bond donors (Lipinski definition) is 3. The molecule has 0 saturated heterocycles. The molecule has 150 valence electrons. The van der Waals surface area contributed by atoms with Crippen LogP contribution in [0.4, 0.5) is 4.79 Å². The van der Waals surface area contributed by atoms with E-state index in [0.29, 0.717) is 6.54 Å². The molecule has 0 aromatic rings. The van der Waals surface area contributed by atoms with E-state index in [2.05, 4.69) is 53.8 Å². The molecule has 0 fully saturated rings. The van der Waals surface area contributed by atoms with E-state index in [1.807, 2.05) is 20.8 Å². The van der Waals surface area contributed by atoms with Crippen molar-refractivity contribution < 1.29 is 9.53 Å². The summed E-state index contributed by atoms with van der Waals surface area (Å²) in [5.74, 6) is 0.777. The molecule has 7 nitrogen and oxygen atoms in total. The van der Waals surface area contributed by atoms with Crippen molar-refractivity contribution >= 4 is 36.0 Å². The fourth-order valence-corrected chi connectivity index (χ4v) is 2.26. The normalized spacial score (nSPS) is 12.4. The van der Waals surface area contributed by atoms with Crippen molar-refractivity contribution in [3.05, 3.63) is 0 Å². The fourth-order valence-electron chi connectivity index (χ4n) is 2.26. The molecule has 0 aromatic carbocycles. The summed E-state index contributed by atoms with van der Waals surface area (Å²) < 4.78 is 5.18. The van der Waals surface area contributed by atoms with Gasteiger partial charge in [-0.1, -0.05) is 13.8 Å². The second-order valence-electron chi connectivity index (χ2n) is 8.04. The Morgan fingerprint density at radius 3 is 2.08 bits per heavy atom. The molecule has 0 saturated carbocycles. The summed E-state index contributed by atoms with van der Waals surface area (Å²) in [5.41, 5.74) is -0.312. The molecule has 0 rings (SSSR count). The Kier molecular flexibility index (Phi) is 13.3. The number of nitrogens with one attached hydrogen (secondary N) is 3. The summed E-state index contributed by atoms with van der Waals surface area (Å²) in [4.78, 5) is 17.9. The van der Waals surface area contributed by atoms with Crippen LogP contribution in [0.3, 0.4) is 0 Å². The van der Waals surface area contributed by atoms with Crippen LogP contribution in [0.2, 0.25) is 0 Å². The van der Waals surface area contributed by atoms with Gasteiger partial charge < -0.3 is 25.6 Å². The van der Waals surface area contributed by atoms with Crippen LogP contribution in [-0.4, -0.2) is 69.9 Å². The molecule has 0 spiro atoms. The van der Waals surface area contributed by atoms with E-state index in [4.69, 9.17) is 4.74 Å². The monoisotopic (exact) mass is 471 g/mol. The van der Waals surface area contributed by atoms with Crippen LogP contribution in [-0.2, 0) is 4.74 Å². The molecule has 1 amide bonds. The van der Waals surface area contributed by atoms with E-state index in [1.165, 1.54) is 0 Å². The molecule has 0 radical (unpaired) electrons. The van der Waals surface area contributed by atoms with Crippen LogP contribution >= 0.6 is 24.0 Å². The quantitative estimate of drug-likeness (QED) is 0.219.